The van der Waals surface area contributed by atoms with Gasteiger partial charge in [-0.2, -0.15) is 0 Å². The van der Waals surface area contributed by atoms with Crippen molar-refractivity contribution in [3.63, 3.8) is 0 Å². The Balaban J connectivity index is 1.38. The van der Waals surface area contributed by atoms with Crippen molar-refractivity contribution in [2.45, 2.75) is 51.5 Å². The average Bonchev–Trinajstić information content (AvgIpc) is 3.49. The van der Waals surface area contributed by atoms with Crippen molar-refractivity contribution < 1.29 is 14.3 Å². The maximum Gasteiger partial charge on any atom is 0.251 e. The molecule has 2 aromatic heterocycles. The lowest BCUT2D eigenvalue weighted by atomic mass is 9.85. The zero-order valence-electron chi connectivity index (χ0n) is 19.6. The highest BCUT2D eigenvalue weighted by atomic mass is 32.1. The Kier molecular flexibility index (Phi) is 6.87. The largest absolute Gasteiger partial charge is 0.493 e. The van der Waals surface area contributed by atoms with Crippen molar-refractivity contribution in [1.29, 1.82) is 0 Å². The molecule has 8 heteroatoms. The molecule has 178 valence electrons. The molecule has 7 nitrogen and oxygen atoms in total. The summed E-state index contributed by atoms with van der Waals surface area (Å²) in [5.74, 6) is 1.51. The summed E-state index contributed by atoms with van der Waals surface area (Å²) in [5.41, 5.74) is 3.01. The molecule has 1 saturated carbocycles. The molecule has 1 amide bonds. The van der Waals surface area contributed by atoms with Crippen LogP contribution in [-0.2, 0) is 4.74 Å². The van der Waals surface area contributed by atoms with Crippen LogP contribution in [0.4, 0.5) is 0 Å². The first-order valence-electron chi connectivity index (χ1n) is 12.0. The number of amides is 1. The van der Waals surface area contributed by atoms with Gasteiger partial charge < -0.3 is 14.8 Å². The van der Waals surface area contributed by atoms with Crippen LogP contribution in [0, 0.1) is 12.8 Å². The number of ether oxygens (including phenoxy) is 2. The molecule has 5 rings (SSSR count). The van der Waals surface area contributed by atoms with Crippen LogP contribution < -0.4 is 10.1 Å². The molecule has 0 bridgehead atoms. The summed E-state index contributed by atoms with van der Waals surface area (Å²) in [5, 5.41) is 3.96. The quantitative estimate of drug-likeness (QED) is 0.486. The van der Waals surface area contributed by atoms with Gasteiger partial charge in [0, 0.05) is 40.9 Å². The standard InChI is InChI=1S/C26H30N4O3S/c1-16-11-28-23(12-27-16)17(2)30-25(31)20-8-21(26-29-13-24(34-26)19-4-3-5-19)10-22(9-20)33-15-18-6-7-32-14-18/h8-13,17-19H,3-7,14-15H2,1-2H3,(H,30,31)/t17-,18-/m1/s1. The van der Waals surface area contributed by atoms with Crippen LogP contribution in [0.15, 0.2) is 36.8 Å². The second-order valence-corrected chi connectivity index (χ2v) is 10.3. The van der Waals surface area contributed by atoms with Gasteiger partial charge in [0.15, 0.2) is 0 Å². The number of thiazole rings is 1. The van der Waals surface area contributed by atoms with E-state index < -0.39 is 0 Å². The molecule has 1 saturated heterocycles. The number of aryl methyl sites for hydroxylation is 1. The molecule has 0 unspecified atom stereocenters. The van der Waals surface area contributed by atoms with Crippen LogP contribution in [0.25, 0.3) is 10.6 Å². The van der Waals surface area contributed by atoms with Crippen molar-refractivity contribution in [3.8, 4) is 16.3 Å². The predicted octanol–water partition coefficient (Wildman–Crippen LogP) is 5.08. The Labute approximate surface area is 204 Å². The number of hydrogen-bond donors (Lipinski definition) is 1. The van der Waals surface area contributed by atoms with Crippen LogP contribution in [0.5, 0.6) is 5.75 Å². The lowest BCUT2D eigenvalue weighted by Gasteiger charge is -2.23. The average molecular weight is 479 g/mol. The first-order chi connectivity index (χ1) is 16.5. The van der Waals surface area contributed by atoms with Crippen molar-refractivity contribution in [3.05, 3.63) is 58.6 Å². The summed E-state index contributed by atoms with van der Waals surface area (Å²) in [6.45, 7) is 5.87. The number of aromatic nitrogens is 3. The first kappa shape index (κ1) is 22.9. The lowest BCUT2D eigenvalue weighted by Crippen LogP contribution is -2.27. The molecule has 2 fully saturated rings. The Morgan fingerprint density at radius 2 is 2.06 bits per heavy atom. The molecular formula is C26H30N4O3S. The normalized spacial score (nSPS) is 18.9. The summed E-state index contributed by atoms with van der Waals surface area (Å²) in [6.07, 6.45) is 10.2. The van der Waals surface area contributed by atoms with E-state index in [0.29, 0.717) is 29.8 Å². The van der Waals surface area contributed by atoms with E-state index in [1.54, 1.807) is 23.7 Å². The maximum atomic E-state index is 13.2. The molecule has 2 atom stereocenters. The minimum Gasteiger partial charge on any atom is -0.493 e. The van der Waals surface area contributed by atoms with E-state index in [-0.39, 0.29) is 11.9 Å². The van der Waals surface area contributed by atoms with E-state index in [4.69, 9.17) is 9.47 Å². The lowest BCUT2D eigenvalue weighted by molar-refractivity contribution is 0.0938. The van der Waals surface area contributed by atoms with E-state index in [1.165, 1.54) is 24.1 Å². The molecule has 3 aromatic rings. The zero-order valence-corrected chi connectivity index (χ0v) is 20.4. The summed E-state index contributed by atoms with van der Waals surface area (Å²) in [4.78, 5) is 27.9. The fraction of sp³-hybridized carbons (Fsp3) is 0.462. The summed E-state index contributed by atoms with van der Waals surface area (Å²) >= 11 is 1.72. The number of carbonyl (C=O) groups is 1. The molecule has 3 heterocycles. The highest BCUT2D eigenvalue weighted by molar-refractivity contribution is 7.15. The molecule has 2 aliphatic rings. The van der Waals surface area contributed by atoms with Gasteiger partial charge in [-0.3, -0.25) is 14.8 Å². The summed E-state index contributed by atoms with van der Waals surface area (Å²) < 4.78 is 11.6. The van der Waals surface area contributed by atoms with Crippen LogP contribution in [0.3, 0.4) is 0 Å². The highest BCUT2D eigenvalue weighted by Gasteiger charge is 2.23. The van der Waals surface area contributed by atoms with Gasteiger partial charge in [0.2, 0.25) is 0 Å². The number of rotatable bonds is 8. The van der Waals surface area contributed by atoms with Gasteiger partial charge in [-0.1, -0.05) is 6.42 Å². The Bertz CT molecular complexity index is 1140. The first-order valence-corrected chi connectivity index (χ1v) is 12.8. The monoisotopic (exact) mass is 478 g/mol. The molecule has 0 spiro atoms. The van der Waals surface area contributed by atoms with E-state index in [0.717, 1.165) is 41.6 Å². The third-order valence-electron chi connectivity index (χ3n) is 6.55. The number of nitrogens with one attached hydrogen (secondary N) is 1. The van der Waals surface area contributed by atoms with Gasteiger partial charge in [-0.25, -0.2) is 4.98 Å². The van der Waals surface area contributed by atoms with E-state index >= 15 is 0 Å². The third-order valence-corrected chi connectivity index (χ3v) is 7.76. The van der Waals surface area contributed by atoms with Gasteiger partial charge in [-0.05, 0) is 57.2 Å². The van der Waals surface area contributed by atoms with Crippen LogP contribution >= 0.6 is 11.3 Å². The molecule has 0 radical (unpaired) electrons. The Morgan fingerprint density at radius 1 is 1.18 bits per heavy atom. The molecule has 1 aliphatic carbocycles. The predicted molar refractivity (Wildman–Crippen MR) is 131 cm³/mol. The van der Waals surface area contributed by atoms with Crippen LogP contribution in [0.1, 0.15) is 71.2 Å². The topological polar surface area (TPSA) is 86.2 Å². The Morgan fingerprint density at radius 3 is 2.76 bits per heavy atom. The number of carbonyl (C=O) groups excluding carboxylic acids is 1. The van der Waals surface area contributed by atoms with E-state index in [9.17, 15) is 4.79 Å². The van der Waals surface area contributed by atoms with Crippen molar-refractivity contribution in [2.24, 2.45) is 5.92 Å². The molecule has 1 aromatic carbocycles. The highest BCUT2D eigenvalue weighted by Crippen LogP contribution is 2.41. The van der Waals surface area contributed by atoms with Crippen LogP contribution in [-0.4, -0.2) is 40.7 Å². The van der Waals surface area contributed by atoms with Gasteiger partial charge in [0.1, 0.15) is 10.8 Å². The third kappa shape index (κ3) is 5.28. The molecule has 34 heavy (non-hydrogen) atoms. The van der Waals surface area contributed by atoms with Crippen molar-refractivity contribution in [2.75, 3.05) is 19.8 Å². The van der Waals surface area contributed by atoms with E-state index in [1.807, 2.05) is 38.2 Å². The zero-order chi connectivity index (χ0) is 23.5. The van der Waals surface area contributed by atoms with Gasteiger partial charge >= 0.3 is 0 Å². The van der Waals surface area contributed by atoms with E-state index in [2.05, 4.69) is 20.3 Å². The van der Waals surface area contributed by atoms with Gasteiger partial charge in [-0.15, -0.1) is 11.3 Å². The van der Waals surface area contributed by atoms with Crippen LogP contribution in [0.2, 0.25) is 0 Å². The molecule has 1 N–H and O–H groups in total. The maximum absolute atomic E-state index is 13.2. The summed E-state index contributed by atoms with van der Waals surface area (Å²) in [6, 6.07) is 5.43. The minimum atomic E-state index is -0.269. The van der Waals surface area contributed by atoms with Crippen molar-refractivity contribution >= 4 is 17.2 Å². The van der Waals surface area contributed by atoms with Gasteiger partial charge in [0.25, 0.3) is 5.91 Å². The second-order valence-electron chi connectivity index (χ2n) is 9.26. The number of benzene rings is 1. The van der Waals surface area contributed by atoms with Crippen molar-refractivity contribution in [1.82, 2.24) is 20.3 Å². The molecular weight excluding hydrogens is 448 g/mol. The molecule has 1 aliphatic heterocycles. The SMILES string of the molecule is Cc1cnc([C@@H](C)NC(=O)c2cc(OC[C@@H]3CCOC3)cc(-c3ncc(C4CCC4)s3)c2)cn1. The second kappa shape index (κ2) is 10.2. The minimum absolute atomic E-state index is 0.179. The summed E-state index contributed by atoms with van der Waals surface area (Å²) in [7, 11) is 0. The Hall–Kier alpha value is -2.84. The van der Waals surface area contributed by atoms with Gasteiger partial charge in [0.05, 0.1) is 36.8 Å². The smallest absolute Gasteiger partial charge is 0.251 e. The number of hydrogen-bond acceptors (Lipinski definition) is 7. The fourth-order valence-corrected chi connectivity index (χ4v) is 5.22. The number of nitrogens with zero attached hydrogens (tertiary/aromatic N) is 3. The fourth-order valence-electron chi connectivity index (χ4n) is 4.15.